The summed E-state index contributed by atoms with van der Waals surface area (Å²) in [5.74, 6) is 0. The van der Waals surface area contributed by atoms with Gasteiger partial charge in [0, 0.05) is 10.9 Å². The van der Waals surface area contributed by atoms with Crippen LogP contribution in [0.4, 0.5) is 0 Å². The molecule has 1 atom stereocenters. The van der Waals surface area contributed by atoms with Crippen molar-refractivity contribution in [1.29, 1.82) is 0 Å². The molecular weight excluding hydrogens is 226 g/mol. The molecule has 1 aromatic heterocycles. The normalized spacial score (nSPS) is 14.2. The van der Waals surface area contributed by atoms with E-state index >= 15 is 0 Å². The van der Waals surface area contributed by atoms with Crippen LogP contribution in [0.1, 0.15) is 45.0 Å². The van der Waals surface area contributed by atoms with Gasteiger partial charge in [0.15, 0.2) is 0 Å². The first-order valence-corrected chi connectivity index (χ1v) is 6.69. The van der Waals surface area contributed by atoms with Crippen LogP contribution in [0.5, 0.6) is 0 Å². The highest BCUT2D eigenvalue weighted by atomic mass is 35.5. The molecule has 1 unspecified atom stereocenters. The van der Waals surface area contributed by atoms with Crippen LogP contribution in [0.15, 0.2) is 11.4 Å². The van der Waals surface area contributed by atoms with Crippen molar-refractivity contribution in [3.63, 3.8) is 0 Å². The van der Waals surface area contributed by atoms with Gasteiger partial charge in [-0.15, -0.1) is 11.3 Å². The van der Waals surface area contributed by atoms with Crippen LogP contribution in [0.3, 0.4) is 0 Å². The summed E-state index contributed by atoms with van der Waals surface area (Å²) in [4.78, 5) is 1.26. The molecule has 1 nitrogen and oxygen atoms in total. The van der Waals surface area contributed by atoms with E-state index in [-0.39, 0.29) is 5.41 Å². The fourth-order valence-electron chi connectivity index (χ4n) is 1.59. The predicted octanol–water partition coefficient (Wildman–Crippen LogP) is 4.49. The lowest BCUT2D eigenvalue weighted by atomic mass is 9.85. The summed E-state index contributed by atoms with van der Waals surface area (Å²) < 4.78 is 0. The van der Waals surface area contributed by atoms with Crippen molar-refractivity contribution in [3.8, 4) is 0 Å². The Morgan fingerprint density at radius 2 is 2.13 bits per heavy atom. The van der Waals surface area contributed by atoms with Gasteiger partial charge in [0.2, 0.25) is 0 Å². The fourth-order valence-corrected chi connectivity index (χ4v) is 3.08. The fraction of sp³-hybridized carbons (Fsp3) is 0.667. The Labute approximate surface area is 102 Å². The Bertz CT molecular complexity index is 301. The third kappa shape index (κ3) is 3.47. The maximum absolute atomic E-state index is 6.19. The monoisotopic (exact) mass is 245 g/mol. The predicted molar refractivity (Wildman–Crippen MR) is 69.8 cm³/mol. The van der Waals surface area contributed by atoms with Gasteiger partial charge in [-0.3, -0.25) is 0 Å². The van der Waals surface area contributed by atoms with E-state index < -0.39 is 0 Å². The molecule has 1 rings (SSSR count). The largest absolute Gasteiger partial charge is 0.309 e. The summed E-state index contributed by atoms with van der Waals surface area (Å²) >= 11 is 7.93. The molecule has 1 aromatic rings. The lowest BCUT2D eigenvalue weighted by Crippen LogP contribution is -2.32. The summed E-state index contributed by atoms with van der Waals surface area (Å²) in [6.45, 7) is 9.96. The summed E-state index contributed by atoms with van der Waals surface area (Å²) in [6.07, 6.45) is 1.15. The third-order valence-corrected chi connectivity index (χ3v) is 3.79. The van der Waals surface area contributed by atoms with Crippen LogP contribution in [-0.4, -0.2) is 6.54 Å². The first-order chi connectivity index (χ1) is 6.96. The molecule has 0 aromatic carbocycles. The van der Waals surface area contributed by atoms with Crippen LogP contribution in [0, 0.1) is 5.41 Å². The van der Waals surface area contributed by atoms with E-state index in [2.05, 4.69) is 38.4 Å². The highest BCUT2D eigenvalue weighted by Crippen LogP contribution is 2.39. The van der Waals surface area contributed by atoms with Crippen molar-refractivity contribution >= 4 is 22.9 Å². The Kier molecular flexibility index (Phi) is 4.63. The molecular formula is C12H20ClNS. The molecule has 1 heterocycles. The van der Waals surface area contributed by atoms with E-state index in [1.165, 1.54) is 4.88 Å². The molecule has 86 valence electrons. The second-order valence-corrected chi connectivity index (χ2v) is 6.24. The molecule has 3 heteroatoms. The number of halogens is 1. The topological polar surface area (TPSA) is 12.0 Å². The van der Waals surface area contributed by atoms with Gasteiger partial charge in [-0.05, 0) is 29.8 Å². The van der Waals surface area contributed by atoms with Gasteiger partial charge in [-0.1, -0.05) is 39.3 Å². The van der Waals surface area contributed by atoms with E-state index in [1.807, 2.05) is 6.07 Å². The molecule has 1 N–H and O–H groups in total. The zero-order valence-electron chi connectivity index (χ0n) is 9.93. The van der Waals surface area contributed by atoms with Crippen LogP contribution in [-0.2, 0) is 0 Å². The van der Waals surface area contributed by atoms with Crippen molar-refractivity contribution in [3.05, 3.63) is 21.3 Å². The van der Waals surface area contributed by atoms with E-state index in [1.54, 1.807) is 11.3 Å². The summed E-state index contributed by atoms with van der Waals surface area (Å²) in [7, 11) is 0. The molecule has 0 aliphatic rings. The Hall–Kier alpha value is -0.0500. The first-order valence-electron chi connectivity index (χ1n) is 5.43. The third-order valence-electron chi connectivity index (χ3n) is 2.37. The van der Waals surface area contributed by atoms with Gasteiger partial charge in [-0.25, -0.2) is 0 Å². The molecule has 0 saturated carbocycles. The highest BCUT2D eigenvalue weighted by molar-refractivity contribution is 7.10. The van der Waals surface area contributed by atoms with Gasteiger partial charge in [0.05, 0.1) is 5.02 Å². The van der Waals surface area contributed by atoms with Gasteiger partial charge >= 0.3 is 0 Å². The first kappa shape index (κ1) is 13.0. The SMILES string of the molecule is CCCNC(c1sccc1Cl)C(C)(C)C. The minimum Gasteiger partial charge on any atom is -0.309 e. The molecule has 0 radical (unpaired) electrons. The highest BCUT2D eigenvalue weighted by Gasteiger charge is 2.28. The number of thiophene rings is 1. The lowest BCUT2D eigenvalue weighted by molar-refractivity contribution is 0.277. The minimum atomic E-state index is 0.198. The smallest absolute Gasteiger partial charge is 0.0561 e. The van der Waals surface area contributed by atoms with Crippen molar-refractivity contribution in [1.82, 2.24) is 5.32 Å². The van der Waals surface area contributed by atoms with Gasteiger partial charge in [-0.2, -0.15) is 0 Å². The maximum atomic E-state index is 6.19. The molecule has 0 amide bonds. The van der Waals surface area contributed by atoms with Gasteiger partial charge < -0.3 is 5.32 Å². The second kappa shape index (κ2) is 5.33. The van der Waals surface area contributed by atoms with Crippen molar-refractivity contribution in [2.45, 2.75) is 40.2 Å². The van der Waals surface area contributed by atoms with Gasteiger partial charge in [0.1, 0.15) is 0 Å². The summed E-state index contributed by atoms with van der Waals surface area (Å²) in [5, 5.41) is 6.53. The second-order valence-electron chi connectivity index (χ2n) is 4.89. The number of nitrogens with one attached hydrogen (secondary N) is 1. The maximum Gasteiger partial charge on any atom is 0.0561 e. The standard InChI is InChI=1S/C12H20ClNS/c1-5-7-14-11(12(2,3)4)10-9(13)6-8-15-10/h6,8,11,14H,5,7H2,1-4H3. The van der Waals surface area contributed by atoms with E-state index in [0.717, 1.165) is 18.0 Å². The van der Waals surface area contributed by atoms with E-state index in [0.29, 0.717) is 6.04 Å². The van der Waals surface area contributed by atoms with Crippen molar-refractivity contribution in [2.75, 3.05) is 6.54 Å². The average Bonchev–Trinajstić information content (AvgIpc) is 2.51. The number of hydrogen-bond acceptors (Lipinski definition) is 2. The summed E-state index contributed by atoms with van der Waals surface area (Å²) in [6, 6.07) is 2.33. The zero-order valence-corrected chi connectivity index (χ0v) is 11.5. The van der Waals surface area contributed by atoms with Crippen molar-refractivity contribution in [2.24, 2.45) is 5.41 Å². The molecule has 0 aliphatic heterocycles. The molecule has 0 aliphatic carbocycles. The molecule has 15 heavy (non-hydrogen) atoms. The minimum absolute atomic E-state index is 0.198. The van der Waals surface area contributed by atoms with Crippen LogP contribution >= 0.6 is 22.9 Å². The molecule has 0 saturated heterocycles. The zero-order chi connectivity index (χ0) is 11.5. The average molecular weight is 246 g/mol. The van der Waals surface area contributed by atoms with Crippen molar-refractivity contribution < 1.29 is 0 Å². The van der Waals surface area contributed by atoms with Gasteiger partial charge in [0.25, 0.3) is 0 Å². The van der Waals surface area contributed by atoms with Crippen LogP contribution < -0.4 is 5.32 Å². The van der Waals surface area contributed by atoms with E-state index in [4.69, 9.17) is 11.6 Å². The Balaban J connectivity index is 2.87. The summed E-state index contributed by atoms with van der Waals surface area (Å²) in [5.41, 5.74) is 0.198. The molecule has 0 bridgehead atoms. The number of hydrogen-bond donors (Lipinski definition) is 1. The molecule has 0 spiro atoms. The lowest BCUT2D eigenvalue weighted by Gasteiger charge is -2.31. The molecule has 0 fully saturated rings. The Morgan fingerprint density at radius 3 is 2.53 bits per heavy atom. The van der Waals surface area contributed by atoms with Crippen LogP contribution in [0.2, 0.25) is 5.02 Å². The van der Waals surface area contributed by atoms with Crippen LogP contribution in [0.25, 0.3) is 0 Å². The number of rotatable bonds is 4. The Morgan fingerprint density at radius 1 is 1.47 bits per heavy atom. The quantitative estimate of drug-likeness (QED) is 0.824. The van der Waals surface area contributed by atoms with E-state index in [9.17, 15) is 0 Å².